The van der Waals surface area contributed by atoms with Crippen LogP contribution in [0.5, 0.6) is 5.75 Å². The van der Waals surface area contributed by atoms with Gasteiger partial charge in [0, 0.05) is 11.6 Å². The summed E-state index contributed by atoms with van der Waals surface area (Å²) in [6, 6.07) is 4.64. The topological polar surface area (TPSA) is 95.4 Å². The molecule has 2 aromatic rings. The second-order valence-electron chi connectivity index (χ2n) is 3.50. The Morgan fingerprint density at radius 1 is 1.47 bits per heavy atom. The lowest BCUT2D eigenvalue weighted by Gasteiger charge is -2.04. The van der Waals surface area contributed by atoms with Gasteiger partial charge < -0.3 is 4.74 Å². The zero-order chi connectivity index (χ0) is 13.7. The summed E-state index contributed by atoms with van der Waals surface area (Å²) >= 11 is 0. The van der Waals surface area contributed by atoms with Crippen LogP contribution in [0.3, 0.4) is 0 Å². The lowest BCUT2D eigenvalue weighted by molar-refractivity contribution is -0.385. The van der Waals surface area contributed by atoms with E-state index >= 15 is 0 Å². The highest BCUT2D eigenvalue weighted by Gasteiger charge is 2.14. The molecule has 0 saturated carbocycles. The van der Waals surface area contributed by atoms with E-state index in [1.165, 1.54) is 29.6 Å². The third kappa shape index (κ3) is 3.12. The summed E-state index contributed by atoms with van der Waals surface area (Å²) in [7, 11) is 0. The molecule has 19 heavy (non-hydrogen) atoms. The molecule has 0 aliphatic carbocycles. The van der Waals surface area contributed by atoms with Crippen molar-refractivity contribution in [2.45, 2.75) is 6.92 Å². The zero-order valence-electron chi connectivity index (χ0n) is 10.1. The van der Waals surface area contributed by atoms with Crippen LogP contribution in [0.2, 0.25) is 0 Å². The second-order valence-corrected chi connectivity index (χ2v) is 3.50. The van der Waals surface area contributed by atoms with Gasteiger partial charge in [0.2, 0.25) is 0 Å². The van der Waals surface area contributed by atoms with Crippen LogP contribution in [0.1, 0.15) is 12.5 Å². The van der Waals surface area contributed by atoms with Gasteiger partial charge in [0.05, 0.1) is 17.7 Å². The summed E-state index contributed by atoms with van der Waals surface area (Å²) in [6.07, 6.45) is 4.31. The summed E-state index contributed by atoms with van der Waals surface area (Å²) in [5, 5.41) is 22.1. The number of hydrogen-bond donors (Lipinski definition) is 0. The number of rotatable bonds is 5. The standard InChI is InChI=1S/C11H11N5O3/c1-2-19-11-4-3-9(5-10(11)16(17)18)6-14-15-7-12-13-8-15/h3-8H,2H2,1H3/b14-6-. The Morgan fingerprint density at radius 3 is 2.84 bits per heavy atom. The van der Waals surface area contributed by atoms with Crippen molar-refractivity contribution in [1.82, 2.24) is 14.9 Å². The molecule has 0 atom stereocenters. The van der Waals surface area contributed by atoms with E-state index in [4.69, 9.17) is 4.74 Å². The largest absolute Gasteiger partial charge is 0.487 e. The van der Waals surface area contributed by atoms with Crippen molar-refractivity contribution in [3.63, 3.8) is 0 Å². The Kier molecular flexibility index (Phi) is 3.81. The number of nitro groups is 1. The van der Waals surface area contributed by atoms with Crippen LogP contribution in [0.15, 0.2) is 36.0 Å². The first-order chi connectivity index (χ1) is 9.20. The maximum absolute atomic E-state index is 10.9. The molecule has 2 rings (SSSR count). The van der Waals surface area contributed by atoms with Crippen molar-refractivity contribution in [2.75, 3.05) is 6.61 Å². The molecule has 0 radical (unpaired) electrons. The predicted molar refractivity (Wildman–Crippen MR) is 67.3 cm³/mol. The highest BCUT2D eigenvalue weighted by Crippen LogP contribution is 2.27. The van der Waals surface area contributed by atoms with Gasteiger partial charge in [-0.2, -0.15) is 5.10 Å². The third-order valence-corrected chi connectivity index (χ3v) is 2.23. The third-order valence-electron chi connectivity index (χ3n) is 2.23. The van der Waals surface area contributed by atoms with Crippen molar-refractivity contribution in [1.29, 1.82) is 0 Å². The van der Waals surface area contributed by atoms with Gasteiger partial charge in [-0.3, -0.25) is 10.1 Å². The van der Waals surface area contributed by atoms with Crippen molar-refractivity contribution < 1.29 is 9.66 Å². The molecule has 8 heteroatoms. The molecule has 0 aliphatic heterocycles. The molecule has 0 spiro atoms. The summed E-state index contributed by atoms with van der Waals surface area (Å²) in [5.41, 5.74) is 0.499. The van der Waals surface area contributed by atoms with Gasteiger partial charge in [0.15, 0.2) is 5.75 Å². The van der Waals surface area contributed by atoms with Gasteiger partial charge in [-0.15, -0.1) is 10.2 Å². The molecule has 8 nitrogen and oxygen atoms in total. The van der Waals surface area contributed by atoms with E-state index in [0.29, 0.717) is 12.2 Å². The summed E-state index contributed by atoms with van der Waals surface area (Å²) < 4.78 is 6.58. The van der Waals surface area contributed by atoms with E-state index in [0.717, 1.165) is 0 Å². The zero-order valence-corrected chi connectivity index (χ0v) is 10.1. The molecule has 1 aromatic carbocycles. The smallest absolute Gasteiger partial charge is 0.311 e. The van der Waals surface area contributed by atoms with Crippen molar-refractivity contribution in [3.05, 3.63) is 46.5 Å². The van der Waals surface area contributed by atoms with Crippen LogP contribution in [0.4, 0.5) is 5.69 Å². The van der Waals surface area contributed by atoms with Crippen molar-refractivity contribution >= 4 is 11.9 Å². The molecule has 1 heterocycles. The Hall–Kier alpha value is -2.77. The summed E-state index contributed by atoms with van der Waals surface area (Å²) in [5.74, 6) is 0.244. The van der Waals surface area contributed by atoms with E-state index in [1.807, 2.05) is 0 Å². The van der Waals surface area contributed by atoms with Crippen LogP contribution < -0.4 is 4.74 Å². The lowest BCUT2D eigenvalue weighted by Crippen LogP contribution is -1.98. The maximum Gasteiger partial charge on any atom is 0.311 e. The molecule has 0 N–H and O–H groups in total. The molecular formula is C11H11N5O3. The van der Waals surface area contributed by atoms with Gasteiger partial charge in [0.25, 0.3) is 0 Å². The van der Waals surface area contributed by atoms with E-state index < -0.39 is 4.92 Å². The molecule has 0 unspecified atom stereocenters. The Morgan fingerprint density at radius 2 is 2.21 bits per heavy atom. The van der Waals surface area contributed by atoms with Gasteiger partial charge in [-0.05, 0) is 19.1 Å². The number of hydrogen-bond acceptors (Lipinski definition) is 6. The van der Waals surface area contributed by atoms with E-state index in [2.05, 4.69) is 15.3 Å². The van der Waals surface area contributed by atoms with Crippen molar-refractivity contribution in [2.24, 2.45) is 5.10 Å². The number of nitro benzene ring substituents is 1. The molecule has 0 saturated heterocycles. The molecule has 0 aliphatic rings. The Balaban J connectivity index is 2.27. The second kappa shape index (κ2) is 5.71. The monoisotopic (exact) mass is 261 g/mol. The summed E-state index contributed by atoms with van der Waals surface area (Å²) in [4.78, 5) is 10.5. The normalized spacial score (nSPS) is 10.8. The molecule has 0 amide bonds. The fraction of sp³-hybridized carbons (Fsp3) is 0.182. The number of nitrogens with zero attached hydrogens (tertiary/aromatic N) is 5. The minimum absolute atomic E-state index is 0.0884. The molecule has 0 bridgehead atoms. The number of ether oxygens (including phenoxy) is 1. The van der Waals surface area contributed by atoms with Gasteiger partial charge in [-0.25, -0.2) is 4.68 Å². The van der Waals surface area contributed by atoms with Crippen molar-refractivity contribution in [3.8, 4) is 5.75 Å². The van der Waals surface area contributed by atoms with E-state index in [9.17, 15) is 10.1 Å². The lowest BCUT2D eigenvalue weighted by atomic mass is 10.2. The summed E-state index contributed by atoms with van der Waals surface area (Å²) in [6.45, 7) is 2.14. The molecule has 1 aromatic heterocycles. The first-order valence-corrected chi connectivity index (χ1v) is 5.51. The highest BCUT2D eigenvalue weighted by molar-refractivity contribution is 5.81. The van der Waals surface area contributed by atoms with Gasteiger partial charge >= 0.3 is 5.69 Å². The molecule has 0 fully saturated rings. The minimum atomic E-state index is -0.485. The van der Waals surface area contributed by atoms with Crippen LogP contribution >= 0.6 is 0 Å². The SMILES string of the molecule is CCOc1ccc(/C=N\n2cnnc2)cc1[N+](=O)[O-]. The fourth-order valence-electron chi connectivity index (χ4n) is 1.42. The quantitative estimate of drug-likeness (QED) is 0.461. The predicted octanol–water partition coefficient (Wildman–Crippen LogP) is 1.47. The maximum atomic E-state index is 10.9. The van der Waals surface area contributed by atoms with Crippen LogP contribution in [-0.4, -0.2) is 32.6 Å². The number of aromatic nitrogens is 3. The van der Waals surface area contributed by atoms with Gasteiger partial charge in [0.1, 0.15) is 12.7 Å². The Labute approximate surface area is 108 Å². The van der Waals surface area contributed by atoms with Crippen LogP contribution in [0, 0.1) is 10.1 Å². The average Bonchev–Trinajstić information content (AvgIpc) is 2.91. The fourth-order valence-corrected chi connectivity index (χ4v) is 1.42. The van der Waals surface area contributed by atoms with Crippen LogP contribution in [-0.2, 0) is 0 Å². The van der Waals surface area contributed by atoms with Gasteiger partial charge in [-0.1, -0.05) is 0 Å². The highest BCUT2D eigenvalue weighted by atomic mass is 16.6. The Bertz CT molecular complexity index is 594. The van der Waals surface area contributed by atoms with E-state index in [-0.39, 0.29) is 11.4 Å². The van der Waals surface area contributed by atoms with Crippen LogP contribution in [0.25, 0.3) is 0 Å². The average molecular weight is 261 g/mol. The first-order valence-electron chi connectivity index (χ1n) is 5.51. The molecular weight excluding hydrogens is 250 g/mol. The van der Waals surface area contributed by atoms with E-state index in [1.54, 1.807) is 19.1 Å². The minimum Gasteiger partial charge on any atom is -0.487 e. The number of benzene rings is 1. The molecule has 98 valence electrons. The first kappa shape index (κ1) is 12.7.